The lowest BCUT2D eigenvalue weighted by Gasteiger charge is -2.27. The first-order valence-corrected chi connectivity index (χ1v) is 7.88. The number of rotatable bonds is 2. The van der Waals surface area contributed by atoms with Gasteiger partial charge in [0.15, 0.2) is 10.6 Å². The molecule has 1 fully saturated rings. The van der Waals surface area contributed by atoms with Crippen molar-refractivity contribution in [3.8, 4) is 0 Å². The quantitative estimate of drug-likeness (QED) is 0.832. The summed E-state index contributed by atoms with van der Waals surface area (Å²) in [7, 11) is 0. The van der Waals surface area contributed by atoms with Crippen molar-refractivity contribution >= 4 is 33.8 Å². The average molecular weight is 279 g/mol. The van der Waals surface area contributed by atoms with Gasteiger partial charge in [-0.15, -0.1) is 11.3 Å². The fourth-order valence-electron chi connectivity index (χ4n) is 2.72. The fourth-order valence-corrected chi connectivity index (χ4v) is 4.04. The molecular weight excluding hydrogens is 260 g/mol. The Morgan fingerprint density at radius 3 is 2.83 bits per heavy atom. The summed E-state index contributed by atoms with van der Waals surface area (Å²) in [5.74, 6) is 0.904. The van der Waals surface area contributed by atoms with Crippen LogP contribution in [0.2, 0.25) is 0 Å². The molecule has 0 saturated carbocycles. The number of nitrogens with one attached hydrogen (secondary N) is 1. The maximum Gasteiger partial charge on any atom is 0.166 e. The summed E-state index contributed by atoms with van der Waals surface area (Å²) in [6.45, 7) is 5.97. The van der Waals surface area contributed by atoms with E-state index in [1.54, 1.807) is 16.2 Å². The van der Waals surface area contributed by atoms with Crippen molar-refractivity contribution in [2.75, 3.05) is 13.1 Å². The Morgan fingerprint density at radius 1 is 1.33 bits per heavy atom. The molecule has 2 nitrogen and oxygen atoms in total. The van der Waals surface area contributed by atoms with E-state index in [-0.39, 0.29) is 0 Å². The highest BCUT2D eigenvalue weighted by Gasteiger charge is 2.19. The van der Waals surface area contributed by atoms with Gasteiger partial charge >= 0.3 is 0 Å². The van der Waals surface area contributed by atoms with Gasteiger partial charge in [-0.05, 0) is 43.1 Å². The Bertz CT molecular complexity index is 591. The minimum Gasteiger partial charge on any atom is -0.317 e. The summed E-state index contributed by atoms with van der Waals surface area (Å²) in [6, 6.07) is 8.55. The number of piperidine rings is 1. The predicted octanol–water partition coefficient (Wildman–Crippen LogP) is 2.70. The molecular formula is C14H19N2S2+. The Morgan fingerprint density at radius 2 is 2.06 bits per heavy atom. The topological polar surface area (TPSA) is 9.37 Å². The van der Waals surface area contributed by atoms with E-state index in [1.165, 1.54) is 36.1 Å². The van der Waals surface area contributed by atoms with Gasteiger partial charge in [0, 0.05) is 0 Å². The van der Waals surface area contributed by atoms with Crippen LogP contribution in [0.3, 0.4) is 0 Å². The Labute approximate surface area is 117 Å². The first kappa shape index (κ1) is 12.3. The zero-order chi connectivity index (χ0) is 12.5. The number of benzene rings is 1. The molecule has 1 aliphatic rings. The van der Waals surface area contributed by atoms with E-state index in [4.69, 9.17) is 12.2 Å². The number of hydrogen-bond donors (Lipinski definition) is 1. The molecule has 0 unspecified atom stereocenters. The van der Waals surface area contributed by atoms with Gasteiger partial charge in [-0.2, -0.15) is 0 Å². The van der Waals surface area contributed by atoms with E-state index in [1.807, 2.05) is 0 Å². The SMILES string of the molecule is CC1CC[NH+](Cn2c(=S)sc3ccccc32)CC1. The van der Waals surface area contributed by atoms with Crippen LogP contribution in [-0.4, -0.2) is 17.7 Å². The molecule has 1 aliphatic heterocycles. The summed E-state index contributed by atoms with van der Waals surface area (Å²) in [6.07, 6.45) is 2.70. The zero-order valence-electron chi connectivity index (χ0n) is 10.7. The van der Waals surface area contributed by atoms with Crippen LogP contribution in [0.25, 0.3) is 10.2 Å². The van der Waals surface area contributed by atoms with Crippen molar-refractivity contribution in [2.24, 2.45) is 5.92 Å². The highest BCUT2D eigenvalue weighted by molar-refractivity contribution is 7.73. The number of para-hydroxylation sites is 1. The Hall–Kier alpha value is -0.710. The Balaban J connectivity index is 1.86. The number of likely N-dealkylation sites (tertiary alicyclic amines) is 1. The van der Waals surface area contributed by atoms with E-state index in [9.17, 15) is 0 Å². The van der Waals surface area contributed by atoms with E-state index in [0.29, 0.717) is 0 Å². The molecule has 3 rings (SSSR count). The minimum atomic E-state index is 0.904. The largest absolute Gasteiger partial charge is 0.317 e. The third-order valence-corrected chi connectivity index (χ3v) is 5.37. The second kappa shape index (κ2) is 5.11. The second-order valence-corrected chi connectivity index (χ2v) is 7.03. The predicted molar refractivity (Wildman–Crippen MR) is 79.7 cm³/mol. The lowest BCUT2D eigenvalue weighted by Crippen LogP contribution is -3.12. The maximum absolute atomic E-state index is 5.51. The first-order valence-electron chi connectivity index (χ1n) is 6.66. The van der Waals surface area contributed by atoms with Crippen molar-refractivity contribution in [1.29, 1.82) is 0 Å². The van der Waals surface area contributed by atoms with Crippen LogP contribution in [0.15, 0.2) is 24.3 Å². The van der Waals surface area contributed by atoms with Crippen molar-refractivity contribution in [1.82, 2.24) is 4.57 Å². The minimum absolute atomic E-state index is 0.904. The smallest absolute Gasteiger partial charge is 0.166 e. The lowest BCUT2D eigenvalue weighted by atomic mass is 10.00. The van der Waals surface area contributed by atoms with Crippen LogP contribution < -0.4 is 4.90 Å². The molecule has 1 saturated heterocycles. The number of quaternary nitrogens is 1. The molecule has 2 aromatic rings. The van der Waals surface area contributed by atoms with Crippen molar-refractivity contribution in [2.45, 2.75) is 26.4 Å². The number of aromatic nitrogens is 1. The monoisotopic (exact) mass is 279 g/mol. The summed E-state index contributed by atoms with van der Waals surface area (Å²) >= 11 is 7.25. The average Bonchev–Trinajstić information content (AvgIpc) is 2.69. The molecule has 2 heterocycles. The zero-order valence-corrected chi connectivity index (χ0v) is 12.3. The molecule has 0 bridgehead atoms. The standard InChI is InChI=1S/C14H18N2S2/c1-11-6-8-15(9-7-11)10-16-12-4-2-3-5-13(12)18-14(16)17/h2-5,11H,6-10H2,1H3/p+1. The Kier molecular flexibility index (Phi) is 3.50. The van der Waals surface area contributed by atoms with Crippen LogP contribution in [0.1, 0.15) is 19.8 Å². The number of hydrogen-bond acceptors (Lipinski definition) is 2. The molecule has 0 spiro atoms. The van der Waals surface area contributed by atoms with Crippen LogP contribution in [0, 0.1) is 9.87 Å². The lowest BCUT2D eigenvalue weighted by molar-refractivity contribution is -0.928. The van der Waals surface area contributed by atoms with Gasteiger partial charge in [-0.1, -0.05) is 19.1 Å². The van der Waals surface area contributed by atoms with Gasteiger partial charge in [0.2, 0.25) is 0 Å². The summed E-state index contributed by atoms with van der Waals surface area (Å²) in [5, 5.41) is 0. The van der Waals surface area contributed by atoms with Crippen molar-refractivity contribution in [3.63, 3.8) is 0 Å². The molecule has 0 aliphatic carbocycles. The highest BCUT2D eigenvalue weighted by atomic mass is 32.1. The molecule has 1 aromatic carbocycles. The van der Waals surface area contributed by atoms with Gasteiger partial charge in [-0.3, -0.25) is 4.57 Å². The van der Waals surface area contributed by atoms with Gasteiger partial charge in [-0.25, -0.2) is 0 Å². The molecule has 0 atom stereocenters. The van der Waals surface area contributed by atoms with Gasteiger partial charge in [0.25, 0.3) is 0 Å². The number of nitrogens with zero attached hydrogens (tertiary/aromatic N) is 1. The van der Waals surface area contributed by atoms with E-state index < -0.39 is 0 Å². The molecule has 0 radical (unpaired) electrons. The van der Waals surface area contributed by atoms with Crippen molar-refractivity contribution in [3.05, 3.63) is 28.2 Å². The second-order valence-electron chi connectivity index (χ2n) is 5.35. The highest BCUT2D eigenvalue weighted by Crippen LogP contribution is 2.21. The van der Waals surface area contributed by atoms with E-state index >= 15 is 0 Å². The van der Waals surface area contributed by atoms with Crippen LogP contribution in [0.5, 0.6) is 0 Å². The molecule has 0 amide bonds. The molecule has 18 heavy (non-hydrogen) atoms. The van der Waals surface area contributed by atoms with Crippen LogP contribution >= 0.6 is 23.6 Å². The number of fused-ring (bicyclic) bond motifs is 1. The van der Waals surface area contributed by atoms with E-state index in [0.717, 1.165) is 16.5 Å². The van der Waals surface area contributed by atoms with Gasteiger partial charge < -0.3 is 4.90 Å². The summed E-state index contributed by atoms with van der Waals surface area (Å²) in [4.78, 5) is 1.67. The normalized spacial score (nSPS) is 24.5. The molecule has 96 valence electrons. The summed E-state index contributed by atoms with van der Waals surface area (Å²) in [5.41, 5.74) is 1.30. The van der Waals surface area contributed by atoms with Gasteiger partial charge in [0.05, 0.1) is 23.3 Å². The third kappa shape index (κ3) is 2.37. The third-order valence-electron chi connectivity index (χ3n) is 3.94. The van der Waals surface area contributed by atoms with Crippen LogP contribution in [-0.2, 0) is 6.67 Å². The number of thiazole rings is 1. The fraction of sp³-hybridized carbons (Fsp3) is 0.500. The van der Waals surface area contributed by atoms with Crippen molar-refractivity contribution < 1.29 is 4.90 Å². The van der Waals surface area contributed by atoms with E-state index in [2.05, 4.69) is 35.8 Å². The summed E-state index contributed by atoms with van der Waals surface area (Å²) < 4.78 is 4.65. The van der Waals surface area contributed by atoms with Crippen LogP contribution in [0.4, 0.5) is 0 Å². The van der Waals surface area contributed by atoms with Gasteiger partial charge in [0.1, 0.15) is 0 Å². The molecule has 1 N–H and O–H groups in total. The first-order chi connectivity index (χ1) is 8.74. The molecule has 1 aromatic heterocycles. The molecule has 4 heteroatoms. The maximum atomic E-state index is 5.51.